The Hall–Kier alpha value is -2.91. The fourth-order valence-electron chi connectivity index (χ4n) is 4.08. The van der Waals surface area contributed by atoms with Crippen molar-refractivity contribution in [1.82, 2.24) is 4.31 Å². The number of Topliss-reactive ketones (excluding diaryl/α,β-unsaturated/α-hetero) is 1. The number of fused-ring (bicyclic) bond motifs is 1. The van der Waals surface area contributed by atoms with Crippen molar-refractivity contribution in [3.05, 3.63) is 48.0 Å². The van der Waals surface area contributed by atoms with Gasteiger partial charge in [-0.15, -0.1) is 0 Å². The highest BCUT2D eigenvalue weighted by Gasteiger charge is 2.45. The van der Waals surface area contributed by atoms with Crippen LogP contribution in [-0.2, 0) is 14.8 Å². The number of anilines is 1. The number of nitrogens with zero attached hydrogens (tertiary/aromatic N) is 1. The van der Waals surface area contributed by atoms with Crippen LogP contribution in [0.5, 0.6) is 11.5 Å². The van der Waals surface area contributed by atoms with Crippen LogP contribution in [0.25, 0.3) is 0 Å². The zero-order valence-electron chi connectivity index (χ0n) is 17.4. The van der Waals surface area contributed by atoms with Gasteiger partial charge in [0.25, 0.3) is 0 Å². The summed E-state index contributed by atoms with van der Waals surface area (Å²) in [5.74, 6) is 0.864. The van der Waals surface area contributed by atoms with E-state index in [9.17, 15) is 18.0 Å². The molecule has 0 bridgehead atoms. The molecule has 31 heavy (non-hydrogen) atoms. The summed E-state index contributed by atoms with van der Waals surface area (Å²) in [6, 6.07) is 11.2. The van der Waals surface area contributed by atoms with Crippen LogP contribution in [0.2, 0.25) is 0 Å². The summed E-state index contributed by atoms with van der Waals surface area (Å²) < 4.78 is 38.9. The zero-order valence-corrected chi connectivity index (χ0v) is 18.2. The molecule has 0 atom stereocenters. The van der Waals surface area contributed by atoms with Crippen molar-refractivity contribution in [3.8, 4) is 11.5 Å². The molecule has 2 aliphatic heterocycles. The van der Waals surface area contributed by atoms with Gasteiger partial charge in [-0.05, 0) is 42.5 Å². The second kappa shape index (κ2) is 7.97. The smallest absolute Gasteiger partial charge is 0.243 e. The van der Waals surface area contributed by atoms with Crippen LogP contribution in [0.15, 0.2) is 47.4 Å². The summed E-state index contributed by atoms with van der Waals surface area (Å²) in [4.78, 5) is 24.0. The van der Waals surface area contributed by atoms with E-state index >= 15 is 0 Å². The Morgan fingerprint density at radius 3 is 2.42 bits per heavy atom. The lowest BCUT2D eigenvalue weighted by Crippen LogP contribution is -2.52. The topological polar surface area (TPSA) is 102 Å². The highest BCUT2D eigenvalue weighted by Crippen LogP contribution is 2.41. The van der Waals surface area contributed by atoms with E-state index in [-0.39, 0.29) is 36.1 Å². The van der Waals surface area contributed by atoms with Gasteiger partial charge in [0.2, 0.25) is 15.9 Å². The quantitative estimate of drug-likeness (QED) is 0.778. The van der Waals surface area contributed by atoms with Gasteiger partial charge in [-0.2, -0.15) is 4.31 Å². The summed E-state index contributed by atoms with van der Waals surface area (Å²) in [6.07, 6.45) is 1.06. The van der Waals surface area contributed by atoms with Crippen molar-refractivity contribution in [2.75, 3.05) is 25.5 Å². The molecule has 1 spiro atoms. The van der Waals surface area contributed by atoms with Crippen LogP contribution >= 0.6 is 0 Å². The third kappa shape index (κ3) is 4.15. The highest BCUT2D eigenvalue weighted by molar-refractivity contribution is 7.89. The Morgan fingerprint density at radius 2 is 1.81 bits per heavy atom. The first-order valence-corrected chi connectivity index (χ1v) is 11.4. The number of amides is 1. The largest absolute Gasteiger partial charge is 0.497 e. The van der Waals surface area contributed by atoms with Crippen LogP contribution in [0.4, 0.5) is 5.69 Å². The van der Waals surface area contributed by atoms with Crippen molar-refractivity contribution < 1.29 is 27.5 Å². The lowest BCUT2D eigenvalue weighted by Gasteiger charge is -2.43. The third-order valence-corrected chi connectivity index (χ3v) is 7.66. The number of nitrogens with one attached hydrogen (secondary N) is 1. The molecule has 8 nitrogen and oxygen atoms in total. The van der Waals surface area contributed by atoms with Crippen LogP contribution in [0, 0.1) is 0 Å². The number of carbonyl (C=O) groups excluding carboxylic acids is 2. The van der Waals surface area contributed by atoms with Crippen LogP contribution in [0.1, 0.15) is 36.5 Å². The van der Waals surface area contributed by atoms with Gasteiger partial charge in [0.1, 0.15) is 17.1 Å². The van der Waals surface area contributed by atoms with E-state index < -0.39 is 15.6 Å². The Bertz CT molecular complexity index is 1120. The number of carbonyl (C=O) groups is 2. The molecule has 9 heteroatoms. The SMILES string of the molecule is COc1ccc2c(c1)C(=O)CC1(CCN(S(=O)(=O)c3ccc(NC(C)=O)cc3)CC1)O2. The Morgan fingerprint density at radius 1 is 1.13 bits per heavy atom. The summed E-state index contributed by atoms with van der Waals surface area (Å²) in [7, 11) is -2.14. The van der Waals surface area contributed by atoms with Crippen LogP contribution in [-0.4, -0.2) is 50.2 Å². The molecular weight excluding hydrogens is 420 g/mol. The van der Waals surface area contributed by atoms with Crippen molar-refractivity contribution in [3.63, 3.8) is 0 Å². The molecular formula is C22H24N2O6S. The molecule has 1 amide bonds. The predicted molar refractivity (Wildman–Crippen MR) is 114 cm³/mol. The van der Waals surface area contributed by atoms with E-state index in [4.69, 9.17) is 9.47 Å². The number of sulfonamides is 1. The first-order valence-electron chi connectivity index (χ1n) is 10.0. The fraction of sp³-hybridized carbons (Fsp3) is 0.364. The Kier molecular flexibility index (Phi) is 5.49. The van der Waals surface area contributed by atoms with E-state index in [1.54, 1.807) is 37.4 Å². The summed E-state index contributed by atoms with van der Waals surface area (Å²) in [5.41, 5.74) is 0.340. The molecule has 0 saturated carbocycles. The van der Waals surface area contributed by atoms with Gasteiger partial charge >= 0.3 is 0 Å². The average molecular weight is 445 g/mol. The fourth-order valence-corrected chi connectivity index (χ4v) is 5.52. The van der Waals surface area contributed by atoms with Gasteiger partial charge in [-0.3, -0.25) is 9.59 Å². The molecule has 4 rings (SSSR count). The average Bonchev–Trinajstić information content (AvgIpc) is 2.74. The van der Waals surface area contributed by atoms with Crippen LogP contribution in [0.3, 0.4) is 0 Å². The maximum absolute atomic E-state index is 13.0. The second-order valence-corrected chi connectivity index (χ2v) is 9.79. The second-order valence-electron chi connectivity index (χ2n) is 7.86. The molecule has 1 fully saturated rings. The van der Waals surface area contributed by atoms with E-state index in [0.29, 0.717) is 35.6 Å². The molecule has 164 valence electrons. The molecule has 0 aliphatic carbocycles. The maximum Gasteiger partial charge on any atom is 0.243 e. The molecule has 1 N–H and O–H groups in total. The van der Waals surface area contributed by atoms with Crippen molar-refractivity contribution in [2.45, 2.75) is 36.7 Å². The normalized spacial score (nSPS) is 18.2. The molecule has 2 aliphatic rings. The van der Waals surface area contributed by atoms with Gasteiger partial charge in [0.15, 0.2) is 5.78 Å². The number of ketones is 1. The lowest BCUT2D eigenvalue weighted by atomic mass is 9.83. The molecule has 1 saturated heterocycles. The molecule has 2 aromatic rings. The first-order chi connectivity index (χ1) is 14.7. The van der Waals surface area contributed by atoms with Crippen LogP contribution < -0.4 is 14.8 Å². The summed E-state index contributed by atoms with van der Waals surface area (Å²) >= 11 is 0. The Labute approximate surface area is 181 Å². The first kappa shape index (κ1) is 21.3. The summed E-state index contributed by atoms with van der Waals surface area (Å²) in [6.45, 7) is 1.91. The number of benzene rings is 2. The minimum atomic E-state index is -3.68. The standard InChI is InChI=1S/C22H24N2O6S/c1-15(25)23-16-3-6-18(7-4-16)31(27,28)24-11-9-22(10-12-24)14-20(26)19-13-17(29-2)5-8-21(19)30-22/h3-8,13H,9-12,14H2,1-2H3,(H,23,25). The molecule has 0 unspecified atom stereocenters. The zero-order chi connectivity index (χ0) is 22.2. The number of rotatable bonds is 4. The van der Waals surface area contributed by atoms with Gasteiger partial charge in [-0.1, -0.05) is 0 Å². The number of hydrogen-bond donors (Lipinski definition) is 1. The molecule has 2 heterocycles. The number of hydrogen-bond acceptors (Lipinski definition) is 6. The van der Waals surface area contributed by atoms with E-state index in [0.717, 1.165) is 0 Å². The molecule has 2 aromatic carbocycles. The number of ether oxygens (including phenoxy) is 2. The highest BCUT2D eigenvalue weighted by atomic mass is 32.2. The predicted octanol–water partition coefficient (Wildman–Crippen LogP) is 2.84. The minimum absolute atomic E-state index is 0.0231. The monoisotopic (exact) mass is 444 g/mol. The van der Waals surface area contributed by atoms with Gasteiger partial charge in [0.05, 0.1) is 24.0 Å². The van der Waals surface area contributed by atoms with Gasteiger partial charge in [0, 0.05) is 38.5 Å². The summed E-state index contributed by atoms with van der Waals surface area (Å²) in [5, 5.41) is 2.62. The van der Waals surface area contributed by atoms with E-state index in [1.165, 1.54) is 23.4 Å². The van der Waals surface area contributed by atoms with Crippen molar-refractivity contribution in [1.29, 1.82) is 0 Å². The van der Waals surface area contributed by atoms with E-state index in [1.807, 2.05) is 0 Å². The molecule has 0 radical (unpaired) electrons. The van der Waals surface area contributed by atoms with E-state index in [2.05, 4.69) is 5.32 Å². The Balaban J connectivity index is 1.47. The van der Waals surface area contributed by atoms with Crippen molar-refractivity contribution >= 4 is 27.4 Å². The number of methoxy groups -OCH3 is 1. The van der Waals surface area contributed by atoms with Crippen molar-refractivity contribution in [2.24, 2.45) is 0 Å². The van der Waals surface area contributed by atoms with Gasteiger partial charge in [-0.25, -0.2) is 8.42 Å². The van der Waals surface area contributed by atoms with Gasteiger partial charge < -0.3 is 14.8 Å². The third-order valence-electron chi connectivity index (χ3n) is 5.74. The molecule has 0 aromatic heterocycles. The minimum Gasteiger partial charge on any atom is -0.497 e. The maximum atomic E-state index is 13.0. The lowest BCUT2D eigenvalue weighted by molar-refractivity contribution is -0.114. The number of piperidine rings is 1.